The lowest BCUT2D eigenvalue weighted by Gasteiger charge is -2.10. The highest BCUT2D eigenvalue weighted by Crippen LogP contribution is 2.31. The topological polar surface area (TPSA) is 54.3 Å². The molecule has 0 spiro atoms. The minimum absolute atomic E-state index is 0.0852. The summed E-state index contributed by atoms with van der Waals surface area (Å²) in [6.07, 6.45) is 0. The minimum atomic E-state index is -0.503. The molecule has 3 aromatic rings. The molecule has 2 N–H and O–H groups in total. The normalized spacial score (nSPS) is 10.5. The van der Waals surface area contributed by atoms with Crippen molar-refractivity contribution in [2.75, 3.05) is 5.32 Å². The zero-order valence-corrected chi connectivity index (χ0v) is 18.0. The van der Waals surface area contributed by atoms with Crippen molar-refractivity contribution in [3.63, 3.8) is 0 Å². The number of carbonyl (C=O) groups is 1. The van der Waals surface area contributed by atoms with Gasteiger partial charge in [-0.1, -0.05) is 50.7 Å². The zero-order chi connectivity index (χ0) is 19.6. The van der Waals surface area contributed by atoms with E-state index < -0.39 is 5.91 Å². The highest BCUT2D eigenvalue weighted by atomic mass is 79.9. The molecule has 0 atom stereocenters. The Morgan fingerprint density at radius 1 is 1.00 bits per heavy atom. The van der Waals surface area contributed by atoms with E-state index in [4.69, 9.17) is 51.4 Å². The highest BCUT2D eigenvalue weighted by molar-refractivity contribution is 9.10. The van der Waals surface area contributed by atoms with Gasteiger partial charge in [-0.15, -0.1) is 0 Å². The third-order valence-corrected chi connectivity index (χ3v) is 4.99. The predicted octanol–water partition coefficient (Wildman–Crippen LogP) is 6.80. The van der Waals surface area contributed by atoms with E-state index in [1.54, 1.807) is 42.5 Å². The zero-order valence-electron chi connectivity index (χ0n) is 13.4. The maximum absolute atomic E-state index is 12.3. The summed E-state index contributed by atoms with van der Waals surface area (Å²) < 4.78 is 6.41. The largest absolute Gasteiger partial charge is 0.451 e. The predicted molar refractivity (Wildman–Crippen MR) is 117 cm³/mol. The van der Waals surface area contributed by atoms with Gasteiger partial charge in [0.25, 0.3) is 5.91 Å². The summed E-state index contributed by atoms with van der Waals surface area (Å²) in [7, 11) is 0. The number of carbonyl (C=O) groups excluding carboxylic acids is 1. The Balaban J connectivity index is 1.69. The highest BCUT2D eigenvalue weighted by Gasteiger charge is 2.16. The van der Waals surface area contributed by atoms with Crippen LogP contribution >= 0.6 is 63.0 Å². The SMILES string of the molecule is O=C(NC(=S)Nc1ccc(Br)cc1Cl)c1ccc(-c2ccc(Cl)cc2Cl)o1. The standard InChI is InChI=1S/C18H10BrCl3N2O2S/c19-9-1-4-14(13(22)7-9)23-18(27)24-17(25)16-6-5-15(26-16)11-3-2-10(20)8-12(11)21/h1-8H,(H2,23,24,25,27). The first-order valence-corrected chi connectivity index (χ1v) is 9.79. The Bertz CT molecular complexity index is 1040. The van der Waals surface area contributed by atoms with Crippen LogP contribution in [-0.4, -0.2) is 11.0 Å². The van der Waals surface area contributed by atoms with Crippen molar-refractivity contribution in [2.24, 2.45) is 0 Å². The molecule has 4 nitrogen and oxygen atoms in total. The van der Waals surface area contributed by atoms with Gasteiger partial charge >= 0.3 is 0 Å². The molecule has 0 unspecified atom stereocenters. The number of furan rings is 1. The van der Waals surface area contributed by atoms with E-state index in [9.17, 15) is 4.79 Å². The summed E-state index contributed by atoms with van der Waals surface area (Å²) in [5.74, 6) is 0.0239. The molecule has 1 heterocycles. The first-order chi connectivity index (χ1) is 12.8. The number of nitrogens with one attached hydrogen (secondary N) is 2. The quantitative estimate of drug-likeness (QED) is 0.386. The van der Waals surface area contributed by atoms with Crippen LogP contribution < -0.4 is 10.6 Å². The third kappa shape index (κ3) is 5.03. The van der Waals surface area contributed by atoms with Crippen molar-refractivity contribution >= 4 is 79.7 Å². The van der Waals surface area contributed by atoms with Gasteiger partial charge < -0.3 is 9.73 Å². The maximum Gasteiger partial charge on any atom is 0.293 e. The molecule has 1 amide bonds. The van der Waals surface area contributed by atoms with E-state index in [2.05, 4.69) is 26.6 Å². The van der Waals surface area contributed by atoms with E-state index in [1.807, 2.05) is 0 Å². The van der Waals surface area contributed by atoms with Gasteiger partial charge in [0, 0.05) is 15.1 Å². The van der Waals surface area contributed by atoms with Crippen LogP contribution in [0.2, 0.25) is 15.1 Å². The molecule has 0 saturated carbocycles. The lowest BCUT2D eigenvalue weighted by molar-refractivity contribution is 0.0951. The monoisotopic (exact) mass is 502 g/mol. The molecule has 0 aliphatic rings. The van der Waals surface area contributed by atoms with Gasteiger partial charge in [0.2, 0.25) is 0 Å². The molecule has 0 fully saturated rings. The summed E-state index contributed by atoms with van der Waals surface area (Å²) >= 11 is 26.6. The molecule has 2 aromatic carbocycles. The number of benzene rings is 2. The summed E-state index contributed by atoms with van der Waals surface area (Å²) in [6.45, 7) is 0. The van der Waals surface area contributed by atoms with Gasteiger partial charge in [0.05, 0.1) is 15.7 Å². The van der Waals surface area contributed by atoms with Gasteiger partial charge in [-0.25, -0.2) is 0 Å². The number of thiocarbonyl (C=S) groups is 1. The maximum atomic E-state index is 12.3. The average molecular weight is 505 g/mol. The molecule has 0 saturated heterocycles. The van der Waals surface area contributed by atoms with Crippen LogP contribution in [0.5, 0.6) is 0 Å². The molecule has 0 bridgehead atoms. The van der Waals surface area contributed by atoms with Gasteiger partial charge in [-0.05, 0) is 60.7 Å². The number of halogens is 4. The summed E-state index contributed by atoms with van der Waals surface area (Å²) in [4.78, 5) is 12.3. The van der Waals surface area contributed by atoms with Crippen LogP contribution in [0.4, 0.5) is 5.69 Å². The molecule has 0 aliphatic carbocycles. The number of hydrogen-bond donors (Lipinski definition) is 2. The van der Waals surface area contributed by atoms with Crippen LogP contribution in [0.25, 0.3) is 11.3 Å². The van der Waals surface area contributed by atoms with E-state index in [-0.39, 0.29) is 10.9 Å². The first-order valence-electron chi connectivity index (χ1n) is 7.46. The number of anilines is 1. The van der Waals surface area contributed by atoms with Crippen molar-refractivity contribution in [1.82, 2.24) is 5.32 Å². The molecule has 9 heteroatoms. The Kier molecular flexibility index (Phi) is 6.44. The molecule has 0 aliphatic heterocycles. The van der Waals surface area contributed by atoms with Gasteiger partial charge in [-0.3, -0.25) is 10.1 Å². The fraction of sp³-hybridized carbons (Fsp3) is 0. The van der Waals surface area contributed by atoms with E-state index in [0.29, 0.717) is 32.1 Å². The molecule has 3 rings (SSSR count). The van der Waals surface area contributed by atoms with Crippen molar-refractivity contribution in [3.05, 3.63) is 73.8 Å². The molecule has 27 heavy (non-hydrogen) atoms. The van der Waals surface area contributed by atoms with Crippen LogP contribution in [0, 0.1) is 0 Å². The van der Waals surface area contributed by atoms with Crippen molar-refractivity contribution < 1.29 is 9.21 Å². The van der Waals surface area contributed by atoms with Crippen LogP contribution in [-0.2, 0) is 0 Å². The van der Waals surface area contributed by atoms with E-state index >= 15 is 0 Å². The van der Waals surface area contributed by atoms with Crippen molar-refractivity contribution in [2.45, 2.75) is 0 Å². The number of rotatable bonds is 3. The van der Waals surface area contributed by atoms with Gasteiger partial charge in [0.1, 0.15) is 5.76 Å². The second kappa shape index (κ2) is 8.63. The fourth-order valence-corrected chi connectivity index (χ4v) is 3.63. The number of hydrogen-bond acceptors (Lipinski definition) is 3. The first kappa shape index (κ1) is 20.2. The molecule has 1 aromatic heterocycles. The summed E-state index contributed by atoms with van der Waals surface area (Å²) in [5, 5.41) is 6.88. The molecular formula is C18H10BrCl3N2O2S. The Morgan fingerprint density at radius 3 is 2.48 bits per heavy atom. The Morgan fingerprint density at radius 2 is 1.78 bits per heavy atom. The average Bonchev–Trinajstić information content (AvgIpc) is 3.07. The van der Waals surface area contributed by atoms with Gasteiger partial charge in [0.15, 0.2) is 10.9 Å². The van der Waals surface area contributed by atoms with Crippen molar-refractivity contribution in [3.8, 4) is 11.3 Å². The summed E-state index contributed by atoms with van der Waals surface area (Å²) in [6, 6.07) is 13.4. The van der Waals surface area contributed by atoms with E-state index in [1.165, 1.54) is 6.07 Å². The van der Waals surface area contributed by atoms with Crippen LogP contribution in [0.1, 0.15) is 10.6 Å². The molecular weight excluding hydrogens is 495 g/mol. The van der Waals surface area contributed by atoms with E-state index in [0.717, 1.165) is 4.47 Å². The smallest absolute Gasteiger partial charge is 0.293 e. The molecule has 138 valence electrons. The second-order valence-electron chi connectivity index (χ2n) is 5.32. The minimum Gasteiger partial charge on any atom is -0.451 e. The summed E-state index contributed by atoms with van der Waals surface area (Å²) in [5.41, 5.74) is 1.20. The van der Waals surface area contributed by atoms with Crippen LogP contribution in [0.15, 0.2) is 57.4 Å². The third-order valence-electron chi connectivity index (χ3n) is 3.43. The molecule has 0 radical (unpaired) electrons. The van der Waals surface area contributed by atoms with Gasteiger partial charge in [-0.2, -0.15) is 0 Å². The lowest BCUT2D eigenvalue weighted by Crippen LogP contribution is -2.33. The lowest BCUT2D eigenvalue weighted by atomic mass is 10.2. The van der Waals surface area contributed by atoms with Crippen molar-refractivity contribution in [1.29, 1.82) is 0 Å². The van der Waals surface area contributed by atoms with Crippen LogP contribution in [0.3, 0.4) is 0 Å². The number of amides is 1. The second-order valence-corrected chi connectivity index (χ2v) is 7.90. The Labute approximate surface area is 183 Å². The Hall–Kier alpha value is -1.57. The fourth-order valence-electron chi connectivity index (χ4n) is 2.20.